The number of carbonyl (C=O) groups excluding carboxylic acids is 1. The number of hydrogen-bond donors (Lipinski definition) is 2. The molecule has 4 nitrogen and oxygen atoms in total. The Labute approximate surface area is 112 Å². The molecule has 0 aliphatic heterocycles. The van der Waals surface area contributed by atoms with E-state index < -0.39 is 12.2 Å². The van der Waals surface area contributed by atoms with E-state index in [4.69, 9.17) is 16.3 Å². The SMILES string of the molecule is CCNC(=O)C(C)Oc1ccc(Cl)cc1[C@H](C)O. The van der Waals surface area contributed by atoms with Crippen LogP contribution in [0.4, 0.5) is 0 Å². The molecule has 0 aliphatic carbocycles. The van der Waals surface area contributed by atoms with Crippen molar-refractivity contribution in [3.05, 3.63) is 28.8 Å². The first-order valence-corrected chi connectivity index (χ1v) is 6.25. The van der Waals surface area contributed by atoms with Gasteiger partial charge in [0.15, 0.2) is 6.10 Å². The summed E-state index contributed by atoms with van der Waals surface area (Å²) in [6, 6.07) is 4.94. The fourth-order valence-corrected chi connectivity index (χ4v) is 1.70. The minimum atomic E-state index is -0.708. The number of carbonyl (C=O) groups is 1. The molecule has 0 aliphatic rings. The maximum absolute atomic E-state index is 11.6. The number of ether oxygens (including phenoxy) is 1. The van der Waals surface area contributed by atoms with Crippen LogP contribution in [0.15, 0.2) is 18.2 Å². The number of amides is 1. The quantitative estimate of drug-likeness (QED) is 0.864. The number of benzene rings is 1. The summed E-state index contributed by atoms with van der Waals surface area (Å²) in [6.45, 7) is 5.67. The third-order valence-corrected chi connectivity index (χ3v) is 2.68. The van der Waals surface area contributed by atoms with E-state index in [9.17, 15) is 9.90 Å². The molecule has 5 heteroatoms. The molecule has 2 atom stereocenters. The molecule has 0 bridgehead atoms. The maximum atomic E-state index is 11.6. The maximum Gasteiger partial charge on any atom is 0.260 e. The van der Waals surface area contributed by atoms with Crippen LogP contribution in [-0.4, -0.2) is 23.7 Å². The lowest BCUT2D eigenvalue weighted by atomic mass is 10.1. The molecule has 0 heterocycles. The van der Waals surface area contributed by atoms with Gasteiger partial charge in [0.05, 0.1) is 6.10 Å². The third kappa shape index (κ3) is 3.89. The van der Waals surface area contributed by atoms with Crippen LogP contribution < -0.4 is 10.1 Å². The average molecular weight is 272 g/mol. The molecule has 1 aromatic rings. The zero-order valence-corrected chi connectivity index (χ0v) is 11.5. The molecular formula is C13H18ClNO3. The van der Waals surface area contributed by atoms with Gasteiger partial charge in [-0.05, 0) is 39.0 Å². The Kier molecular flexibility index (Phi) is 5.44. The highest BCUT2D eigenvalue weighted by Gasteiger charge is 2.17. The van der Waals surface area contributed by atoms with Crippen LogP contribution in [0.1, 0.15) is 32.4 Å². The second kappa shape index (κ2) is 6.61. The number of hydrogen-bond acceptors (Lipinski definition) is 3. The highest BCUT2D eigenvalue weighted by atomic mass is 35.5. The highest BCUT2D eigenvalue weighted by molar-refractivity contribution is 6.30. The summed E-state index contributed by atoms with van der Waals surface area (Å²) in [5, 5.41) is 12.8. The number of rotatable bonds is 5. The van der Waals surface area contributed by atoms with E-state index in [1.165, 1.54) is 0 Å². The van der Waals surface area contributed by atoms with Crippen molar-refractivity contribution < 1.29 is 14.6 Å². The zero-order chi connectivity index (χ0) is 13.7. The largest absolute Gasteiger partial charge is 0.481 e. The van der Waals surface area contributed by atoms with Crippen LogP contribution in [0, 0.1) is 0 Å². The van der Waals surface area contributed by atoms with Gasteiger partial charge in [-0.15, -0.1) is 0 Å². The summed E-state index contributed by atoms with van der Waals surface area (Å²) in [7, 11) is 0. The molecule has 0 spiro atoms. The monoisotopic (exact) mass is 271 g/mol. The Morgan fingerprint density at radius 2 is 2.17 bits per heavy atom. The van der Waals surface area contributed by atoms with Crippen molar-refractivity contribution in [2.24, 2.45) is 0 Å². The third-order valence-electron chi connectivity index (χ3n) is 2.45. The van der Waals surface area contributed by atoms with E-state index >= 15 is 0 Å². The normalized spacial score (nSPS) is 13.8. The van der Waals surface area contributed by atoms with Gasteiger partial charge < -0.3 is 15.2 Å². The molecule has 0 saturated heterocycles. The Balaban J connectivity index is 2.87. The molecule has 0 aromatic heterocycles. The van der Waals surface area contributed by atoms with Crippen molar-refractivity contribution >= 4 is 17.5 Å². The second-order valence-electron chi connectivity index (χ2n) is 4.01. The van der Waals surface area contributed by atoms with Crippen LogP contribution >= 0.6 is 11.6 Å². The van der Waals surface area contributed by atoms with E-state index in [-0.39, 0.29) is 5.91 Å². The molecule has 2 N–H and O–H groups in total. The van der Waals surface area contributed by atoms with Gasteiger partial charge in [-0.1, -0.05) is 11.6 Å². The number of aliphatic hydroxyl groups excluding tert-OH is 1. The molecule has 0 radical (unpaired) electrons. The summed E-state index contributed by atoms with van der Waals surface area (Å²) in [5.41, 5.74) is 0.568. The fraction of sp³-hybridized carbons (Fsp3) is 0.462. The molecule has 18 heavy (non-hydrogen) atoms. The van der Waals surface area contributed by atoms with Gasteiger partial charge in [-0.25, -0.2) is 0 Å². The molecule has 1 aromatic carbocycles. The van der Waals surface area contributed by atoms with Crippen LogP contribution in [-0.2, 0) is 4.79 Å². The van der Waals surface area contributed by atoms with E-state index in [1.807, 2.05) is 6.92 Å². The van der Waals surface area contributed by atoms with Crippen molar-refractivity contribution in [3.63, 3.8) is 0 Å². The van der Waals surface area contributed by atoms with Crippen LogP contribution in [0.2, 0.25) is 5.02 Å². The summed E-state index contributed by atoms with van der Waals surface area (Å²) in [4.78, 5) is 11.6. The first kappa shape index (κ1) is 14.8. The average Bonchev–Trinajstić information content (AvgIpc) is 2.31. The molecule has 1 unspecified atom stereocenters. The number of halogens is 1. The number of likely N-dealkylation sites (N-methyl/N-ethyl adjacent to an activating group) is 1. The second-order valence-corrected chi connectivity index (χ2v) is 4.45. The van der Waals surface area contributed by atoms with Crippen LogP contribution in [0.3, 0.4) is 0 Å². The first-order chi connectivity index (χ1) is 8.45. The van der Waals surface area contributed by atoms with E-state index in [0.717, 1.165) is 0 Å². The number of nitrogens with one attached hydrogen (secondary N) is 1. The highest BCUT2D eigenvalue weighted by Crippen LogP contribution is 2.29. The lowest BCUT2D eigenvalue weighted by molar-refractivity contribution is -0.127. The van der Waals surface area contributed by atoms with Gasteiger partial charge >= 0.3 is 0 Å². The summed E-state index contributed by atoms with van der Waals surface area (Å²) in [5.74, 6) is 0.275. The van der Waals surface area contributed by atoms with Crippen LogP contribution in [0.5, 0.6) is 5.75 Å². The molecule has 1 amide bonds. The van der Waals surface area contributed by atoms with E-state index in [0.29, 0.717) is 22.9 Å². The predicted molar refractivity (Wildman–Crippen MR) is 70.9 cm³/mol. The Morgan fingerprint density at radius 1 is 1.50 bits per heavy atom. The molecule has 100 valence electrons. The standard InChI is InChI=1S/C13H18ClNO3/c1-4-15-13(17)9(3)18-12-6-5-10(14)7-11(12)8(2)16/h5-9,16H,4H2,1-3H3,(H,15,17)/t8-,9?/m0/s1. The Hall–Kier alpha value is -1.26. The van der Waals surface area contributed by atoms with Crippen molar-refractivity contribution in [2.75, 3.05) is 6.54 Å². The van der Waals surface area contributed by atoms with Gasteiger partial charge in [-0.3, -0.25) is 4.79 Å². The minimum Gasteiger partial charge on any atom is -0.481 e. The summed E-state index contributed by atoms with van der Waals surface area (Å²) >= 11 is 5.86. The lowest BCUT2D eigenvalue weighted by Gasteiger charge is -2.18. The number of aliphatic hydroxyl groups is 1. The molecule has 1 rings (SSSR count). The van der Waals surface area contributed by atoms with E-state index in [1.54, 1.807) is 32.0 Å². The van der Waals surface area contributed by atoms with Gasteiger partial charge in [0.1, 0.15) is 5.75 Å². The van der Waals surface area contributed by atoms with Crippen molar-refractivity contribution in [3.8, 4) is 5.75 Å². The summed E-state index contributed by atoms with van der Waals surface area (Å²) in [6.07, 6.45) is -1.33. The molecule has 0 fully saturated rings. The first-order valence-electron chi connectivity index (χ1n) is 5.87. The van der Waals surface area contributed by atoms with Crippen molar-refractivity contribution in [1.29, 1.82) is 0 Å². The van der Waals surface area contributed by atoms with Gasteiger partial charge in [0, 0.05) is 17.1 Å². The van der Waals surface area contributed by atoms with Gasteiger partial charge in [0.2, 0.25) is 0 Å². The Morgan fingerprint density at radius 3 is 2.72 bits per heavy atom. The predicted octanol–water partition coefficient (Wildman–Crippen LogP) is 2.30. The van der Waals surface area contributed by atoms with Crippen molar-refractivity contribution in [1.82, 2.24) is 5.32 Å². The van der Waals surface area contributed by atoms with Crippen molar-refractivity contribution in [2.45, 2.75) is 33.0 Å². The summed E-state index contributed by atoms with van der Waals surface area (Å²) < 4.78 is 5.55. The smallest absolute Gasteiger partial charge is 0.260 e. The molecular weight excluding hydrogens is 254 g/mol. The van der Waals surface area contributed by atoms with Gasteiger partial charge in [0.25, 0.3) is 5.91 Å². The lowest BCUT2D eigenvalue weighted by Crippen LogP contribution is -2.36. The zero-order valence-electron chi connectivity index (χ0n) is 10.7. The van der Waals surface area contributed by atoms with Crippen LogP contribution in [0.25, 0.3) is 0 Å². The Bertz CT molecular complexity index is 421. The van der Waals surface area contributed by atoms with E-state index in [2.05, 4.69) is 5.32 Å². The molecule has 0 saturated carbocycles. The fourth-order valence-electron chi connectivity index (χ4n) is 1.52. The minimum absolute atomic E-state index is 0.191. The van der Waals surface area contributed by atoms with Gasteiger partial charge in [-0.2, -0.15) is 0 Å². The topological polar surface area (TPSA) is 58.6 Å².